The highest BCUT2D eigenvalue weighted by atomic mass is 16.5. The van der Waals surface area contributed by atoms with Gasteiger partial charge >= 0.3 is 0 Å². The van der Waals surface area contributed by atoms with E-state index in [2.05, 4.69) is 15.6 Å². The summed E-state index contributed by atoms with van der Waals surface area (Å²) < 4.78 is 13.5. The first-order chi connectivity index (χ1) is 14.6. The number of imidazole rings is 1. The van der Waals surface area contributed by atoms with E-state index in [0.717, 1.165) is 46.6 Å². The van der Waals surface area contributed by atoms with Crippen LogP contribution in [0.5, 0.6) is 5.75 Å². The number of carbonyl (C=O) groups excluding carboxylic acids is 1. The Morgan fingerprint density at radius 1 is 1.20 bits per heavy atom. The fraction of sp³-hybridized carbons (Fsp3) is 0.318. The SMILES string of the molecule is NC(=O)[C@@H](Cc1cc2c3c(c1)nc(-c1ccc4oc(N)nc4c1)n3CCO2)C1CC1. The first-order valence-corrected chi connectivity index (χ1v) is 10.2. The van der Waals surface area contributed by atoms with E-state index in [4.69, 9.17) is 25.6 Å². The number of nitrogens with two attached hydrogens (primary N) is 2. The lowest BCUT2D eigenvalue weighted by atomic mass is 9.93. The summed E-state index contributed by atoms with van der Waals surface area (Å²) in [5.41, 5.74) is 16.5. The number of rotatable bonds is 5. The third kappa shape index (κ3) is 2.71. The molecule has 8 heteroatoms. The topological polar surface area (TPSA) is 122 Å². The van der Waals surface area contributed by atoms with Crippen molar-refractivity contribution in [3.05, 3.63) is 35.9 Å². The van der Waals surface area contributed by atoms with Crippen LogP contribution in [-0.4, -0.2) is 27.0 Å². The van der Waals surface area contributed by atoms with E-state index in [1.54, 1.807) is 0 Å². The van der Waals surface area contributed by atoms with Crippen molar-refractivity contribution in [2.45, 2.75) is 25.8 Å². The molecule has 8 nitrogen and oxygen atoms in total. The average molecular weight is 403 g/mol. The number of carbonyl (C=O) groups is 1. The van der Waals surface area contributed by atoms with Gasteiger partial charge in [0.1, 0.15) is 29.2 Å². The summed E-state index contributed by atoms with van der Waals surface area (Å²) in [7, 11) is 0. The van der Waals surface area contributed by atoms with Crippen molar-refractivity contribution in [2.24, 2.45) is 17.6 Å². The molecule has 0 saturated heterocycles. The van der Waals surface area contributed by atoms with Crippen molar-refractivity contribution in [3.8, 4) is 17.1 Å². The second-order valence-corrected chi connectivity index (χ2v) is 8.18. The van der Waals surface area contributed by atoms with Gasteiger partial charge in [-0.15, -0.1) is 0 Å². The summed E-state index contributed by atoms with van der Waals surface area (Å²) in [6.07, 6.45) is 2.78. The van der Waals surface area contributed by atoms with Gasteiger partial charge in [0, 0.05) is 11.5 Å². The molecule has 1 aliphatic heterocycles. The number of nitrogens with zero attached hydrogens (tertiary/aromatic N) is 3. The molecule has 1 amide bonds. The van der Waals surface area contributed by atoms with E-state index in [-0.39, 0.29) is 17.8 Å². The third-order valence-corrected chi connectivity index (χ3v) is 6.11. The molecule has 152 valence electrons. The first-order valence-electron chi connectivity index (χ1n) is 10.2. The van der Waals surface area contributed by atoms with Gasteiger partial charge < -0.3 is 25.2 Å². The molecule has 2 aromatic carbocycles. The quantitative estimate of drug-likeness (QED) is 0.528. The van der Waals surface area contributed by atoms with E-state index in [0.29, 0.717) is 36.6 Å². The van der Waals surface area contributed by atoms with Crippen molar-refractivity contribution in [3.63, 3.8) is 0 Å². The number of oxazole rings is 1. The van der Waals surface area contributed by atoms with Crippen LogP contribution in [0.25, 0.3) is 33.5 Å². The number of anilines is 1. The smallest absolute Gasteiger partial charge is 0.292 e. The average Bonchev–Trinajstić information content (AvgIpc) is 3.39. The molecule has 0 spiro atoms. The lowest BCUT2D eigenvalue weighted by Gasteiger charge is -2.19. The Labute approximate surface area is 171 Å². The van der Waals surface area contributed by atoms with E-state index in [9.17, 15) is 4.79 Å². The Bertz CT molecular complexity index is 1320. The highest BCUT2D eigenvalue weighted by Crippen LogP contribution is 2.40. The Balaban J connectivity index is 1.46. The van der Waals surface area contributed by atoms with Crippen molar-refractivity contribution >= 4 is 34.1 Å². The number of fused-ring (bicyclic) bond motifs is 1. The summed E-state index contributed by atoms with van der Waals surface area (Å²) >= 11 is 0. The van der Waals surface area contributed by atoms with Crippen LogP contribution < -0.4 is 16.2 Å². The van der Waals surface area contributed by atoms with Crippen LogP contribution >= 0.6 is 0 Å². The monoisotopic (exact) mass is 403 g/mol. The van der Waals surface area contributed by atoms with Crippen molar-refractivity contribution < 1.29 is 13.9 Å². The Morgan fingerprint density at radius 2 is 2.07 bits per heavy atom. The maximum absolute atomic E-state index is 11.9. The molecular weight excluding hydrogens is 382 g/mol. The number of primary amides is 1. The second-order valence-electron chi connectivity index (χ2n) is 8.18. The molecule has 0 bridgehead atoms. The maximum atomic E-state index is 11.9. The van der Waals surface area contributed by atoms with E-state index < -0.39 is 0 Å². The molecule has 2 aromatic heterocycles. The first kappa shape index (κ1) is 17.3. The zero-order chi connectivity index (χ0) is 20.4. The number of hydrogen-bond donors (Lipinski definition) is 2. The van der Waals surface area contributed by atoms with Gasteiger partial charge in [-0.25, -0.2) is 4.98 Å². The molecule has 1 aliphatic carbocycles. The minimum absolute atomic E-state index is 0.125. The number of amides is 1. The highest BCUT2D eigenvalue weighted by molar-refractivity contribution is 5.89. The number of nitrogen functional groups attached to an aromatic ring is 1. The highest BCUT2D eigenvalue weighted by Gasteiger charge is 2.35. The van der Waals surface area contributed by atoms with Crippen LogP contribution in [0.1, 0.15) is 18.4 Å². The Morgan fingerprint density at radius 3 is 2.87 bits per heavy atom. The van der Waals surface area contributed by atoms with Gasteiger partial charge in [0.15, 0.2) is 5.58 Å². The lowest BCUT2D eigenvalue weighted by molar-refractivity contribution is -0.122. The predicted octanol–water partition coefficient (Wildman–Crippen LogP) is 2.87. The number of ether oxygens (including phenoxy) is 1. The Kier molecular flexibility index (Phi) is 3.59. The van der Waals surface area contributed by atoms with E-state index in [1.807, 2.05) is 24.3 Å². The molecule has 4 aromatic rings. The number of aromatic nitrogens is 3. The molecule has 4 N–H and O–H groups in total. The van der Waals surface area contributed by atoms with Gasteiger partial charge in [0.05, 0.1) is 12.1 Å². The van der Waals surface area contributed by atoms with Crippen molar-refractivity contribution in [2.75, 3.05) is 12.3 Å². The van der Waals surface area contributed by atoms with Crippen molar-refractivity contribution in [1.29, 1.82) is 0 Å². The van der Waals surface area contributed by atoms with Crippen LogP contribution in [0.15, 0.2) is 34.7 Å². The van der Waals surface area contributed by atoms with Gasteiger partial charge in [0.25, 0.3) is 6.01 Å². The van der Waals surface area contributed by atoms with Gasteiger partial charge in [0.2, 0.25) is 5.91 Å². The molecule has 30 heavy (non-hydrogen) atoms. The summed E-state index contributed by atoms with van der Waals surface area (Å²) in [5.74, 6) is 1.71. The Hall–Kier alpha value is -3.55. The summed E-state index contributed by atoms with van der Waals surface area (Å²) in [5, 5.41) is 0. The minimum Gasteiger partial charge on any atom is -0.489 e. The zero-order valence-corrected chi connectivity index (χ0v) is 16.3. The van der Waals surface area contributed by atoms with Crippen LogP contribution in [0.3, 0.4) is 0 Å². The summed E-state index contributed by atoms with van der Waals surface area (Å²) in [6, 6.07) is 9.99. The third-order valence-electron chi connectivity index (χ3n) is 6.11. The normalized spacial score (nSPS) is 16.7. The van der Waals surface area contributed by atoms with Gasteiger partial charge in [-0.2, -0.15) is 4.98 Å². The van der Waals surface area contributed by atoms with Crippen LogP contribution in [0, 0.1) is 11.8 Å². The van der Waals surface area contributed by atoms with Gasteiger partial charge in [-0.05, 0) is 61.1 Å². The molecular formula is C22H21N5O3. The second kappa shape index (κ2) is 6.22. The molecule has 6 rings (SSSR count). The largest absolute Gasteiger partial charge is 0.489 e. The predicted molar refractivity (Wildman–Crippen MR) is 112 cm³/mol. The molecule has 3 heterocycles. The molecule has 1 atom stereocenters. The van der Waals surface area contributed by atoms with Gasteiger partial charge in [-0.3, -0.25) is 4.79 Å². The number of benzene rings is 2. The number of hydrogen-bond acceptors (Lipinski definition) is 6. The summed E-state index contributed by atoms with van der Waals surface area (Å²) in [6.45, 7) is 1.28. The molecule has 0 radical (unpaired) electrons. The van der Waals surface area contributed by atoms with Crippen LogP contribution in [0.2, 0.25) is 0 Å². The maximum Gasteiger partial charge on any atom is 0.292 e. The van der Waals surface area contributed by atoms with E-state index in [1.165, 1.54) is 0 Å². The van der Waals surface area contributed by atoms with Crippen LogP contribution in [0.4, 0.5) is 6.01 Å². The fourth-order valence-corrected chi connectivity index (χ4v) is 4.53. The van der Waals surface area contributed by atoms with Gasteiger partial charge in [-0.1, -0.05) is 0 Å². The lowest BCUT2D eigenvalue weighted by Crippen LogP contribution is -2.26. The van der Waals surface area contributed by atoms with Crippen LogP contribution in [-0.2, 0) is 17.8 Å². The molecule has 2 aliphatic rings. The molecule has 1 fully saturated rings. The zero-order valence-electron chi connectivity index (χ0n) is 16.3. The standard InChI is InChI=1S/C22H21N5O3/c23-20(28)14(12-1-2-12)7-11-8-16-19-18(9-11)29-6-5-27(19)21(25-16)13-3-4-17-15(10-13)26-22(24)30-17/h3-4,8-10,12,14H,1-2,5-7H2,(H2,23,28)(H2,24,26)/t14-/m0/s1. The molecule has 1 saturated carbocycles. The molecule has 0 unspecified atom stereocenters. The van der Waals surface area contributed by atoms with Crippen molar-refractivity contribution in [1.82, 2.24) is 14.5 Å². The van der Waals surface area contributed by atoms with E-state index >= 15 is 0 Å². The summed E-state index contributed by atoms with van der Waals surface area (Å²) in [4.78, 5) is 21.1. The minimum atomic E-state index is -0.224. The fourth-order valence-electron chi connectivity index (χ4n) is 4.53.